The zero-order valence-corrected chi connectivity index (χ0v) is 19.5. The first-order valence-corrected chi connectivity index (χ1v) is 12.5. The number of piperazine rings is 1. The largest absolute Gasteiger partial charge is 0.416 e. The number of ether oxygens (including phenoxy) is 1. The van der Waals surface area contributed by atoms with Crippen LogP contribution in [0.15, 0.2) is 29.4 Å². The smallest absolute Gasteiger partial charge is 0.378 e. The van der Waals surface area contributed by atoms with Gasteiger partial charge >= 0.3 is 6.18 Å². The molecule has 2 saturated heterocycles. The molecule has 1 saturated carbocycles. The van der Waals surface area contributed by atoms with E-state index in [1.165, 1.54) is 23.9 Å². The van der Waals surface area contributed by atoms with Crippen molar-refractivity contribution in [3.8, 4) is 0 Å². The highest BCUT2D eigenvalue weighted by molar-refractivity contribution is 7.99. The molecule has 1 aliphatic carbocycles. The van der Waals surface area contributed by atoms with Crippen LogP contribution in [0.4, 0.5) is 24.8 Å². The highest BCUT2D eigenvalue weighted by Crippen LogP contribution is 2.41. The summed E-state index contributed by atoms with van der Waals surface area (Å²) in [4.78, 5) is 18.7. The molecule has 2 aromatic rings. The lowest BCUT2D eigenvalue weighted by Gasteiger charge is -2.36. The first-order valence-electron chi connectivity index (χ1n) is 11.5. The molecule has 34 heavy (non-hydrogen) atoms. The van der Waals surface area contributed by atoms with Gasteiger partial charge in [0.15, 0.2) is 5.16 Å². The predicted molar refractivity (Wildman–Crippen MR) is 122 cm³/mol. The van der Waals surface area contributed by atoms with Crippen LogP contribution in [-0.2, 0) is 15.7 Å². The van der Waals surface area contributed by atoms with Crippen LogP contribution in [0.1, 0.15) is 24.4 Å². The maximum absolute atomic E-state index is 13.0. The zero-order valence-electron chi connectivity index (χ0n) is 18.7. The second-order valence-corrected chi connectivity index (χ2v) is 9.63. The van der Waals surface area contributed by atoms with E-state index in [0.717, 1.165) is 43.1 Å². The van der Waals surface area contributed by atoms with Gasteiger partial charge in [-0.15, -0.1) is 10.2 Å². The highest BCUT2D eigenvalue weighted by atomic mass is 32.2. The number of alkyl halides is 3. The van der Waals surface area contributed by atoms with Crippen molar-refractivity contribution in [2.45, 2.75) is 30.2 Å². The number of rotatable bonds is 6. The van der Waals surface area contributed by atoms with Crippen molar-refractivity contribution in [3.63, 3.8) is 0 Å². The molecule has 3 aliphatic rings. The van der Waals surface area contributed by atoms with Crippen molar-refractivity contribution in [2.24, 2.45) is 0 Å². The maximum atomic E-state index is 13.0. The summed E-state index contributed by atoms with van der Waals surface area (Å²) in [6.45, 7) is 4.85. The molecule has 3 fully saturated rings. The number of aromatic nitrogens is 3. The Morgan fingerprint density at radius 2 is 1.76 bits per heavy atom. The van der Waals surface area contributed by atoms with E-state index in [4.69, 9.17) is 4.74 Å². The Balaban J connectivity index is 1.17. The molecule has 0 radical (unpaired) electrons. The highest BCUT2D eigenvalue weighted by Gasteiger charge is 2.33. The molecule has 0 spiro atoms. The summed E-state index contributed by atoms with van der Waals surface area (Å²) < 4.78 is 46.7. The molecule has 2 aliphatic heterocycles. The second kappa shape index (κ2) is 9.65. The van der Waals surface area contributed by atoms with E-state index in [1.54, 1.807) is 11.0 Å². The Kier molecular flexibility index (Phi) is 6.61. The summed E-state index contributed by atoms with van der Waals surface area (Å²) in [5.41, 5.74) is -0.124. The molecule has 3 heterocycles. The number of morpholine rings is 1. The minimum atomic E-state index is -4.37. The minimum Gasteiger partial charge on any atom is -0.378 e. The first kappa shape index (κ1) is 23.3. The van der Waals surface area contributed by atoms with Gasteiger partial charge in [0.05, 0.1) is 24.5 Å². The molecule has 1 aromatic heterocycles. The van der Waals surface area contributed by atoms with Crippen LogP contribution in [0.3, 0.4) is 0 Å². The van der Waals surface area contributed by atoms with Gasteiger partial charge in [0.1, 0.15) is 0 Å². The number of thioether (sulfide) groups is 1. The third-order valence-corrected chi connectivity index (χ3v) is 7.28. The van der Waals surface area contributed by atoms with Gasteiger partial charge in [-0.1, -0.05) is 17.8 Å². The molecule has 0 atom stereocenters. The van der Waals surface area contributed by atoms with Gasteiger partial charge < -0.3 is 19.4 Å². The molecule has 0 N–H and O–H groups in total. The number of amides is 1. The summed E-state index contributed by atoms with van der Waals surface area (Å²) in [6, 6.07) is 5.74. The van der Waals surface area contributed by atoms with Gasteiger partial charge in [-0.2, -0.15) is 13.2 Å². The Labute approximate surface area is 200 Å². The summed E-state index contributed by atoms with van der Waals surface area (Å²) in [6.07, 6.45) is -2.18. The Bertz CT molecular complexity index is 1010. The minimum absolute atomic E-state index is 0.00645. The van der Waals surface area contributed by atoms with Crippen LogP contribution in [0.25, 0.3) is 0 Å². The van der Waals surface area contributed by atoms with Crippen LogP contribution >= 0.6 is 11.8 Å². The number of nitrogens with zero attached hydrogens (tertiary/aromatic N) is 6. The molecule has 1 amide bonds. The fraction of sp³-hybridized carbons (Fsp3) is 0.591. The van der Waals surface area contributed by atoms with Crippen molar-refractivity contribution in [3.05, 3.63) is 29.8 Å². The van der Waals surface area contributed by atoms with E-state index >= 15 is 0 Å². The van der Waals surface area contributed by atoms with Crippen molar-refractivity contribution >= 4 is 29.3 Å². The van der Waals surface area contributed by atoms with Crippen molar-refractivity contribution in [2.75, 3.05) is 68.0 Å². The van der Waals surface area contributed by atoms with E-state index in [2.05, 4.69) is 19.7 Å². The SMILES string of the molecule is O=C(CSc1nnc(N2CCOCC2)n1C1CC1)N1CCN(c2cccc(C(F)(F)F)c2)CC1. The average molecular weight is 497 g/mol. The third-order valence-electron chi connectivity index (χ3n) is 6.35. The molecular formula is C22H27F3N6O2S. The van der Waals surface area contributed by atoms with Crippen LogP contribution < -0.4 is 9.80 Å². The average Bonchev–Trinajstić information content (AvgIpc) is 3.61. The summed E-state index contributed by atoms with van der Waals surface area (Å²) in [7, 11) is 0. The topological polar surface area (TPSA) is 66.7 Å². The lowest BCUT2D eigenvalue weighted by molar-refractivity contribution is -0.137. The molecular weight excluding hydrogens is 469 g/mol. The molecule has 8 nitrogen and oxygen atoms in total. The van der Waals surface area contributed by atoms with Gasteiger partial charge in [0, 0.05) is 51.0 Å². The Morgan fingerprint density at radius 1 is 1.03 bits per heavy atom. The lowest BCUT2D eigenvalue weighted by Crippen LogP contribution is -2.49. The van der Waals surface area contributed by atoms with Crippen LogP contribution in [0.2, 0.25) is 0 Å². The van der Waals surface area contributed by atoms with E-state index < -0.39 is 11.7 Å². The quantitative estimate of drug-likeness (QED) is 0.570. The predicted octanol–water partition coefficient (Wildman–Crippen LogP) is 2.91. The number of carbonyl (C=O) groups excluding carboxylic acids is 1. The van der Waals surface area contributed by atoms with E-state index in [9.17, 15) is 18.0 Å². The summed E-state index contributed by atoms with van der Waals surface area (Å²) in [5, 5.41) is 9.55. The van der Waals surface area contributed by atoms with Crippen molar-refractivity contribution in [1.82, 2.24) is 19.7 Å². The van der Waals surface area contributed by atoms with Gasteiger partial charge in [-0.3, -0.25) is 9.36 Å². The van der Waals surface area contributed by atoms with E-state index in [0.29, 0.717) is 51.1 Å². The molecule has 12 heteroatoms. The number of hydrogen-bond acceptors (Lipinski definition) is 7. The van der Waals surface area contributed by atoms with Crippen molar-refractivity contribution in [1.29, 1.82) is 0 Å². The number of halogens is 3. The summed E-state index contributed by atoms with van der Waals surface area (Å²) >= 11 is 1.41. The summed E-state index contributed by atoms with van der Waals surface area (Å²) in [5.74, 6) is 1.12. The number of carbonyl (C=O) groups is 1. The lowest BCUT2D eigenvalue weighted by atomic mass is 10.1. The molecule has 0 bridgehead atoms. The van der Waals surface area contributed by atoms with Crippen LogP contribution in [0.5, 0.6) is 0 Å². The normalized spacial score (nSPS) is 19.6. The van der Waals surface area contributed by atoms with Gasteiger partial charge in [-0.25, -0.2) is 0 Å². The number of hydrogen-bond donors (Lipinski definition) is 0. The van der Waals surface area contributed by atoms with E-state index in [1.807, 2.05) is 4.90 Å². The Hall–Kier alpha value is -2.47. The van der Waals surface area contributed by atoms with Crippen molar-refractivity contribution < 1.29 is 22.7 Å². The van der Waals surface area contributed by atoms with Crippen LogP contribution in [0, 0.1) is 0 Å². The fourth-order valence-electron chi connectivity index (χ4n) is 4.31. The van der Waals surface area contributed by atoms with Gasteiger partial charge in [0.2, 0.25) is 11.9 Å². The zero-order chi connectivity index (χ0) is 23.7. The second-order valence-electron chi connectivity index (χ2n) is 8.69. The van der Waals surface area contributed by atoms with E-state index in [-0.39, 0.29) is 11.7 Å². The Morgan fingerprint density at radius 3 is 2.44 bits per heavy atom. The number of benzene rings is 1. The van der Waals surface area contributed by atoms with Gasteiger partial charge in [-0.05, 0) is 31.0 Å². The molecule has 5 rings (SSSR count). The first-order chi connectivity index (χ1) is 16.4. The maximum Gasteiger partial charge on any atom is 0.416 e. The molecule has 184 valence electrons. The number of anilines is 2. The molecule has 1 aromatic carbocycles. The van der Waals surface area contributed by atoms with Crippen LogP contribution in [-0.4, -0.2) is 83.8 Å². The fourth-order valence-corrected chi connectivity index (χ4v) is 5.21. The van der Waals surface area contributed by atoms with Gasteiger partial charge in [0.25, 0.3) is 0 Å². The molecule has 0 unspecified atom stereocenters. The monoisotopic (exact) mass is 496 g/mol. The standard InChI is InChI=1S/C22H27F3N6O2S/c23-22(24,25)16-2-1-3-18(14-16)28-6-8-29(9-7-28)19(32)15-34-21-27-26-20(31(21)17-4-5-17)30-10-12-33-13-11-30/h1-3,14,17H,4-13,15H2. The third kappa shape index (κ3) is 5.12.